The largest absolute Gasteiger partial charge is 0.478 e. The van der Waals surface area contributed by atoms with Crippen LogP contribution in [0.3, 0.4) is 0 Å². The Hall–Kier alpha value is -2.70. The molecule has 0 spiro atoms. The standard InChI is InChI=1S/C13H11NO6/c15-10-2-1-3-11(16)14(10)7-4-5-8(12(17)18)9(6-7)13(19)20/h4-6H,1-3H2,(H,17,18)(H,19,20). The Morgan fingerprint density at radius 1 is 0.950 bits per heavy atom. The molecule has 2 rings (SSSR count). The third-order valence-electron chi connectivity index (χ3n) is 3.00. The third kappa shape index (κ3) is 2.37. The number of nitrogens with zero attached hydrogens (tertiary/aromatic N) is 1. The van der Waals surface area contributed by atoms with Crippen LogP contribution >= 0.6 is 0 Å². The molecule has 1 aromatic rings. The monoisotopic (exact) mass is 277 g/mol. The molecule has 20 heavy (non-hydrogen) atoms. The predicted octanol–water partition coefficient (Wildman–Crippen LogP) is 1.13. The van der Waals surface area contributed by atoms with Crippen LogP contribution in [0.2, 0.25) is 0 Å². The van der Waals surface area contributed by atoms with Gasteiger partial charge in [0.2, 0.25) is 11.8 Å². The number of piperidine rings is 1. The fourth-order valence-electron chi connectivity index (χ4n) is 2.08. The number of benzene rings is 1. The smallest absolute Gasteiger partial charge is 0.336 e. The second-order valence-corrected chi connectivity index (χ2v) is 4.32. The van der Waals surface area contributed by atoms with E-state index in [-0.39, 0.29) is 18.5 Å². The zero-order valence-electron chi connectivity index (χ0n) is 10.3. The Labute approximate surface area is 113 Å². The van der Waals surface area contributed by atoms with Crippen LogP contribution in [0.1, 0.15) is 40.0 Å². The molecule has 1 fully saturated rings. The Morgan fingerprint density at radius 2 is 1.50 bits per heavy atom. The van der Waals surface area contributed by atoms with Crippen molar-refractivity contribution in [1.29, 1.82) is 0 Å². The van der Waals surface area contributed by atoms with Gasteiger partial charge in [-0.05, 0) is 24.6 Å². The fraction of sp³-hybridized carbons (Fsp3) is 0.231. The van der Waals surface area contributed by atoms with Gasteiger partial charge in [-0.1, -0.05) is 0 Å². The van der Waals surface area contributed by atoms with E-state index in [2.05, 4.69) is 0 Å². The maximum absolute atomic E-state index is 11.7. The van der Waals surface area contributed by atoms with E-state index in [0.29, 0.717) is 6.42 Å². The van der Waals surface area contributed by atoms with Crippen LogP contribution in [0.4, 0.5) is 5.69 Å². The molecule has 104 valence electrons. The molecule has 1 saturated heterocycles. The van der Waals surface area contributed by atoms with Crippen LogP contribution in [0.15, 0.2) is 18.2 Å². The van der Waals surface area contributed by atoms with Gasteiger partial charge in [-0.3, -0.25) is 14.5 Å². The van der Waals surface area contributed by atoms with Crippen molar-refractivity contribution >= 4 is 29.4 Å². The Morgan fingerprint density at radius 3 is 2.00 bits per heavy atom. The average molecular weight is 277 g/mol. The number of carboxylic acid groups (broad SMARTS) is 2. The molecule has 0 saturated carbocycles. The molecule has 7 nitrogen and oxygen atoms in total. The first kappa shape index (κ1) is 13.7. The van der Waals surface area contributed by atoms with Gasteiger partial charge in [0.05, 0.1) is 16.8 Å². The second-order valence-electron chi connectivity index (χ2n) is 4.32. The van der Waals surface area contributed by atoms with Gasteiger partial charge in [-0.2, -0.15) is 0 Å². The minimum atomic E-state index is -1.43. The highest BCUT2D eigenvalue weighted by atomic mass is 16.4. The molecule has 0 atom stereocenters. The maximum Gasteiger partial charge on any atom is 0.336 e. The first-order valence-electron chi connectivity index (χ1n) is 5.88. The SMILES string of the molecule is O=C(O)c1ccc(N2C(=O)CCCC2=O)cc1C(=O)O. The predicted molar refractivity (Wildman–Crippen MR) is 66.7 cm³/mol. The summed E-state index contributed by atoms with van der Waals surface area (Å²) in [5, 5.41) is 17.9. The van der Waals surface area contributed by atoms with Crippen molar-refractivity contribution in [3.8, 4) is 0 Å². The van der Waals surface area contributed by atoms with E-state index in [1.807, 2.05) is 0 Å². The number of imide groups is 1. The summed E-state index contributed by atoms with van der Waals surface area (Å²) in [7, 11) is 0. The lowest BCUT2D eigenvalue weighted by Gasteiger charge is -2.25. The van der Waals surface area contributed by atoms with E-state index in [1.165, 1.54) is 6.07 Å². The van der Waals surface area contributed by atoms with Gasteiger partial charge >= 0.3 is 11.9 Å². The minimum absolute atomic E-state index is 0.0853. The highest BCUT2D eigenvalue weighted by Crippen LogP contribution is 2.25. The van der Waals surface area contributed by atoms with Gasteiger partial charge in [0.15, 0.2) is 0 Å². The molecule has 1 heterocycles. The zero-order chi connectivity index (χ0) is 14.9. The molecule has 7 heteroatoms. The Balaban J connectivity index is 2.50. The number of hydrogen-bond donors (Lipinski definition) is 2. The van der Waals surface area contributed by atoms with Crippen molar-refractivity contribution < 1.29 is 29.4 Å². The van der Waals surface area contributed by atoms with Crippen molar-refractivity contribution in [3.05, 3.63) is 29.3 Å². The van der Waals surface area contributed by atoms with Crippen LogP contribution in [0, 0.1) is 0 Å². The molecule has 1 aromatic carbocycles. The van der Waals surface area contributed by atoms with Gasteiger partial charge in [-0.15, -0.1) is 0 Å². The molecular formula is C13H11NO6. The van der Waals surface area contributed by atoms with E-state index in [9.17, 15) is 19.2 Å². The summed E-state index contributed by atoms with van der Waals surface area (Å²) in [6.45, 7) is 0. The normalized spacial score (nSPS) is 15.3. The van der Waals surface area contributed by atoms with Crippen molar-refractivity contribution in [2.75, 3.05) is 4.90 Å². The molecule has 0 aromatic heterocycles. The highest BCUT2D eigenvalue weighted by molar-refractivity contribution is 6.17. The quantitative estimate of drug-likeness (QED) is 0.801. The number of anilines is 1. The number of amides is 2. The summed E-state index contributed by atoms with van der Waals surface area (Å²) < 4.78 is 0. The lowest BCUT2D eigenvalue weighted by Crippen LogP contribution is -2.40. The molecule has 0 aliphatic carbocycles. The lowest BCUT2D eigenvalue weighted by molar-refractivity contribution is -0.129. The molecule has 0 unspecified atom stereocenters. The van der Waals surface area contributed by atoms with Crippen molar-refractivity contribution in [3.63, 3.8) is 0 Å². The zero-order valence-corrected chi connectivity index (χ0v) is 10.3. The Bertz CT molecular complexity index is 605. The van der Waals surface area contributed by atoms with Crippen molar-refractivity contribution in [2.24, 2.45) is 0 Å². The first-order valence-corrected chi connectivity index (χ1v) is 5.88. The van der Waals surface area contributed by atoms with Crippen molar-refractivity contribution in [1.82, 2.24) is 0 Å². The highest BCUT2D eigenvalue weighted by Gasteiger charge is 2.28. The van der Waals surface area contributed by atoms with Crippen LogP contribution in [0.25, 0.3) is 0 Å². The summed E-state index contributed by atoms with van der Waals surface area (Å²) >= 11 is 0. The molecule has 0 bridgehead atoms. The fourth-order valence-corrected chi connectivity index (χ4v) is 2.08. The summed E-state index contributed by atoms with van der Waals surface area (Å²) in [5.74, 6) is -3.65. The summed E-state index contributed by atoms with van der Waals surface area (Å²) in [6, 6.07) is 3.38. The topological polar surface area (TPSA) is 112 Å². The van der Waals surface area contributed by atoms with Crippen LogP contribution in [-0.2, 0) is 9.59 Å². The second kappa shape index (κ2) is 5.12. The summed E-state index contributed by atoms with van der Waals surface area (Å²) in [4.78, 5) is 46.4. The Kier molecular flexibility index (Phi) is 3.51. The van der Waals surface area contributed by atoms with Crippen molar-refractivity contribution in [2.45, 2.75) is 19.3 Å². The van der Waals surface area contributed by atoms with Crippen LogP contribution < -0.4 is 4.90 Å². The summed E-state index contributed by atoms with van der Waals surface area (Å²) in [6.07, 6.45) is 0.872. The first-order chi connectivity index (χ1) is 9.41. The molecule has 1 aliphatic rings. The molecule has 1 aliphatic heterocycles. The molecule has 0 radical (unpaired) electrons. The number of carbonyl (C=O) groups is 4. The molecule has 2 N–H and O–H groups in total. The number of hydrogen-bond acceptors (Lipinski definition) is 4. The number of carbonyl (C=O) groups excluding carboxylic acids is 2. The van der Waals surface area contributed by atoms with E-state index < -0.39 is 34.9 Å². The molecular weight excluding hydrogens is 266 g/mol. The average Bonchev–Trinajstić information content (AvgIpc) is 2.38. The number of carboxylic acids is 2. The lowest BCUT2D eigenvalue weighted by atomic mass is 10.0. The van der Waals surface area contributed by atoms with E-state index >= 15 is 0 Å². The third-order valence-corrected chi connectivity index (χ3v) is 3.00. The van der Waals surface area contributed by atoms with E-state index in [1.54, 1.807) is 0 Å². The van der Waals surface area contributed by atoms with Gasteiger partial charge in [0.25, 0.3) is 0 Å². The minimum Gasteiger partial charge on any atom is -0.478 e. The van der Waals surface area contributed by atoms with Gasteiger partial charge in [-0.25, -0.2) is 9.59 Å². The van der Waals surface area contributed by atoms with Gasteiger partial charge in [0.1, 0.15) is 0 Å². The van der Waals surface area contributed by atoms with Crippen LogP contribution in [0.5, 0.6) is 0 Å². The number of rotatable bonds is 3. The number of aromatic carboxylic acids is 2. The molecule has 2 amide bonds. The van der Waals surface area contributed by atoms with Gasteiger partial charge < -0.3 is 10.2 Å². The van der Waals surface area contributed by atoms with Crippen LogP contribution in [-0.4, -0.2) is 34.0 Å². The summed E-state index contributed by atoms with van der Waals surface area (Å²) in [5.41, 5.74) is -0.763. The van der Waals surface area contributed by atoms with E-state index in [4.69, 9.17) is 10.2 Å². The van der Waals surface area contributed by atoms with Gasteiger partial charge in [0, 0.05) is 12.8 Å². The van der Waals surface area contributed by atoms with E-state index in [0.717, 1.165) is 17.0 Å². The maximum atomic E-state index is 11.7.